The van der Waals surface area contributed by atoms with Crippen molar-refractivity contribution in [2.75, 3.05) is 0 Å². The fourth-order valence-corrected chi connectivity index (χ4v) is 1.90. The SMILES string of the molecule is CC/C=C/C/C=C/C[C@@H](O)/C=C/C=C/C=C[C@@H](O)C/C=C/CCC(=O)O. The van der Waals surface area contributed by atoms with Crippen molar-refractivity contribution in [1.82, 2.24) is 0 Å². The third-order valence-electron chi connectivity index (χ3n) is 3.29. The standard InChI is InChI=1S/C22H32O4/c1-2-3-4-5-6-10-15-20(23)16-11-7-8-12-17-21(24)18-13-9-14-19-22(25)26/h3-4,6-13,16-17,20-21,23-24H,2,5,14-15,18-19H2,1H3,(H,25,26)/b4-3+,8-7+,10-6+,13-9+,16-11+,17-12?/t20-,21-/m1/s1. The van der Waals surface area contributed by atoms with E-state index < -0.39 is 18.2 Å². The molecule has 3 N–H and O–H groups in total. The molecule has 0 aromatic carbocycles. The molecule has 0 radical (unpaired) electrons. The van der Waals surface area contributed by atoms with Gasteiger partial charge in [0.1, 0.15) is 0 Å². The number of allylic oxidation sites excluding steroid dienone is 8. The molecule has 0 aromatic rings. The molecule has 0 aliphatic rings. The van der Waals surface area contributed by atoms with E-state index in [0.29, 0.717) is 19.3 Å². The first-order valence-corrected chi connectivity index (χ1v) is 9.10. The summed E-state index contributed by atoms with van der Waals surface area (Å²) in [6.07, 6.45) is 24.7. The van der Waals surface area contributed by atoms with Crippen LogP contribution in [0.3, 0.4) is 0 Å². The number of aliphatic hydroxyl groups excluding tert-OH is 2. The van der Waals surface area contributed by atoms with E-state index in [4.69, 9.17) is 5.11 Å². The second-order valence-corrected chi connectivity index (χ2v) is 5.75. The molecular weight excluding hydrogens is 328 g/mol. The molecule has 0 heterocycles. The predicted octanol–water partition coefficient (Wildman–Crippen LogP) is 4.49. The Morgan fingerprint density at radius 2 is 1.35 bits per heavy atom. The lowest BCUT2D eigenvalue weighted by Gasteiger charge is -1.99. The first-order valence-electron chi connectivity index (χ1n) is 9.10. The average Bonchev–Trinajstić information content (AvgIpc) is 2.60. The molecule has 0 amide bonds. The van der Waals surface area contributed by atoms with E-state index in [1.807, 2.05) is 12.2 Å². The van der Waals surface area contributed by atoms with Crippen molar-refractivity contribution < 1.29 is 20.1 Å². The van der Waals surface area contributed by atoms with E-state index in [-0.39, 0.29) is 6.42 Å². The number of carboxylic acids is 1. The zero-order chi connectivity index (χ0) is 19.5. The van der Waals surface area contributed by atoms with Crippen LogP contribution < -0.4 is 0 Å². The molecular formula is C22H32O4. The number of hydrogen-bond acceptors (Lipinski definition) is 3. The highest BCUT2D eigenvalue weighted by Gasteiger charge is 1.95. The molecule has 0 unspecified atom stereocenters. The Bertz CT molecular complexity index is 524. The molecule has 4 nitrogen and oxygen atoms in total. The van der Waals surface area contributed by atoms with Gasteiger partial charge in [0.05, 0.1) is 12.2 Å². The number of carbonyl (C=O) groups is 1. The van der Waals surface area contributed by atoms with Crippen LogP contribution in [0.15, 0.2) is 72.9 Å². The van der Waals surface area contributed by atoms with Crippen LogP contribution in [0.2, 0.25) is 0 Å². The highest BCUT2D eigenvalue weighted by atomic mass is 16.4. The van der Waals surface area contributed by atoms with Crippen molar-refractivity contribution >= 4 is 5.97 Å². The van der Waals surface area contributed by atoms with Crippen molar-refractivity contribution in [3.05, 3.63) is 72.9 Å². The summed E-state index contributed by atoms with van der Waals surface area (Å²) in [5.74, 6) is -0.821. The Hall–Kier alpha value is -2.17. The minimum atomic E-state index is -0.821. The summed E-state index contributed by atoms with van der Waals surface area (Å²) >= 11 is 0. The molecule has 0 aliphatic carbocycles. The van der Waals surface area contributed by atoms with Gasteiger partial charge in [0.15, 0.2) is 0 Å². The Kier molecular flexibility index (Phi) is 16.2. The number of carboxylic acid groups (broad SMARTS) is 1. The molecule has 0 aliphatic heterocycles. The maximum absolute atomic E-state index is 10.3. The van der Waals surface area contributed by atoms with Crippen LogP contribution >= 0.6 is 0 Å². The second kappa shape index (κ2) is 17.6. The van der Waals surface area contributed by atoms with E-state index in [1.165, 1.54) is 0 Å². The molecule has 0 saturated heterocycles. The smallest absolute Gasteiger partial charge is 0.303 e. The van der Waals surface area contributed by atoms with Crippen LogP contribution in [0.5, 0.6) is 0 Å². The van der Waals surface area contributed by atoms with Crippen LogP contribution in [0, 0.1) is 0 Å². The van der Waals surface area contributed by atoms with Gasteiger partial charge in [0, 0.05) is 6.42 Å². The van der Waals surface area contributed by atoms with Gasteiger partial charge in [-0.25, -0.2) is 0 Å². The van der Waals surface area contributed by atoms with E-state index in [2.05, 4.69) is 19.1 Å². The zero-order valence-corrected chi connectivity index (χ0v) is 15.6. The van der Waals surface area contributed by atoms with Crippen LogP contribution in [-0.2, 0) is 4.79 Å². The third kappa shape index (κ3) is 18.2. The lowest BCUT2D eigenvalue weighted by molar-refractivity contribution is -0.136. The fraction of sp³-hybridized carbons (Fsp3) is 0.409. The molecule has 0 fully saturated rings. The maximum atomic E-state index is 10.3. The molecule has 0 saturated carbocycles. The summed E-state index contributed by atoms with van der Waals surface area (Å²) in [5.41, 5.74) is 0. The van der Waals surface area contributed by atoms with Gasteiger partial charge >= 0.3 is 5.97 Å². The molecule has 0 bridgehead atoms. The average molecular weight is 360 g/mol. The molecule has 26 heavy (non-hydrogen) atoms. The minimum absolute atomic E-state index is 0.106. The summed E-state index contributed by atoms with van der Waals surface area (Å²) in [7, 11) is 0. The summed E-state index contributed by atoms with van der Waals surface area (Å²) in [6, 6.07) is 0. The lowest BCUT2D eigenvalue weighted by Crippen LogP contribution is -1.99. The van der Waals surface area contributed by atoms with Crippen molar-refractivity contribution in [1.29, 1.82) is 0 Å². The van der Waals surface area contributed by atoms with Gasteiger partial charge in [-0.15, -0.1) is 0 Å². The van der Waals surface area contributed by atoms with Gasteiger partial charge in [-0.3, -0.25) is 4.79 Å². The van der Waals surface area contributed by atoms with E-state index >= 15 is 0 Å². The zero-order valence-electron chi connectivity index (χ0n) is 15.6. The van der Waals surface area contributed by atoms with Crippen LogP contribution in [0.1, 0.15) is 45.4 Å². The number of rotatable bonds is 14. The second-order valence-electron chi connectivity index (χ2n) is 5.75. The van der Waals surface area contributed by atoms with Gasteiger partial charge in [-0.1, -0.05) is 79.8 Å². The summed E-state index contributed by atoms with van der Waals surface area (Å²) in [4.78, 5) is 10.3. The Labute approximate surface area is 157 Å². The Morgan fingerprint density at radius 1 is 0.808 bits per heavy atom. The number of hydrogen-bond donors (Lipinski definition) is 3. The highest BCUT2D eigenvalue weighted by Crippen LogP contribution is 2.00. The minimum Gasteiger partial charge on any atom is -0.481 e. The Balaban J connectivity index is 3.91. The molecule has 2 atom stereocenters. The first-order chi connectivity index (χ1) is 12.6. The van der Waals surface area contributed by atoms with Gasteiger partial charge in [0.25, 0.3) is 0 Å². The van der Waals surface area contributed by atoms with E-state index in [0.717, 1.165) is 12.8 Å². The lowest BCUT2D eigenvalue weighted by atomic mass is 10.2. The number of aliphatic carboxylic acids is 1. The first kappa shape index (κ1) is 23.8. The molecule has 0 rings (SSSR count). The van der Waals surface area contributed by atoms with Gasteiger partial charge in [-0.05, 0) is 32.1 Å². The van der Waals surface area contributed by atoms with E-state index in [1.54, 1.807) is 48.6 Å². The molecule has 0 aromatic heterocycles. The predicted molar refractivity (Wildman–Crippen MR) is 108 cm³/mol. The fourth-order valence-electron chi connectivity index (χ4n) is 1.90. The van der Waals surface area contributed by atoms with Crippen LogP contribution in [0.4, 0.5) is 0 Å². The summed E-state index contributed by atoms with van der Waals surface area (Å²) in [6.45, 7) is 2.10. The summed E-state index contributed by atoms with van der Waals surface area (Å²) < 4.78 is 0. The van der Waals surface area contributed by atoms with Gasteiger partial charge < -0.3 is 15.3 Å². The normalized spacial score (nSPS) is 15.5. The van der Waals surface area contributed by atoms with E-state index in [9.17, 15) is 15.0 Å². The number of aliphatic hydroxyl groups is 2. The van der Waals surface area contributed by atoms with Crippen molar-refractivity contribution in [2.24, 2.45) is 0 Å². The quantitative estimate of drug-likeness (QED) is 0.315. The van der Waals surface area contributed by atoms with Crippen LogP contribution in [-0.4, -0.2) is 33.5 Å². The third-order valence-corrected chi connectivity index (χ3v) is 3.29. The van der Waals surface area contributed by atoms with Gasteiger partial charge in [-0.2, -0.15) is 0 Å². The topological polar surface area (TPSA) is 77.8 Å². The Morgan fingerprint density at radius 3 is 1.88 bits per heavy atom. The van der Waals surface area contributed by atoms with Crippen molar-refractivity contribution in [2.45, 2.75) is 57.7 Å². The largest absolute Gasteiger partial charge is 0.481 e. The molecule has 4 heteroatoms. The maximum Gasteiger partial charge on any atom is 0.303 e. The molecule has 0 spiro atoms. The monoisotopic (exact) mass is 360 g/mol. The van der Waals surface area contributed by atoms with Gasteiger partial charge in [0.2, 0.25) is 0 Å². The highest BCUT2D eigenvalue weighted by molar-refractivity contribution is 5.66. The molecule has 144 valence electrons. The van der Waals surface area contributed by atoms with Crippen molar-refractivity contribution in [3.63, 3.8) is 0 Å². The summed E-state index contributed by atoms with van der Waals surface area (Å²) in [5, 5.41) is 28.0. The van der Waals surface area contributed by atoms with Crippen LogP contribution in [0.25, 0.3) is 0 Å². The van der Waals surface area contributed by atoms with Crippen molar-refractivity contribution in [3.8, 4) is 0 Å².